The number of ether oxygens (including phenoxy) is 1. The third-order valence-corrected chi connectivity index (χ3v) is 4.13. The summed E-state index contributed by atoms with van der Waals surface area (Å²) in [5, 5.41) is 3.55. The third-order valence-electron chi connectivity index (χ3n) is 3.79. The molecule has 2 N–H and O–H groups in total. The van der Waals surface area contributed by atoms with Crippen molar-refractivity contribution in [2.75, 3.05) is 6.61 Å². The van der Waals surface area contributed by atoms with Crippen LogP contribution in [0, 0.1) is 0 Å². The van der Waals surface area contributed by atoms with Gasteiger partial charge in [-0.2, -0.15) is 5.10 Å². The SMILES string of the molecule is NN=C(C=Nc1ccc(Cl)c(C(F)F)c1)COc1ncc(C2CC2)cn1. The van der Waals surface area contributed by atoms with Gasteiger partial charge in [0.05, 0.1) is 11.9 Å². The van der Waals surface area contributed by atoms with Crippen molar-refractivity contribution in [3.05, 3.63) is 46.7 Å². The molecule has 6 nitrogen and oxygen atoms in total. The summed E-state index contributed by atoms with van der Waals surface area (Å²) in [6.07, 6.45) is 4.47. The minimum atomic E-state index is -2.68. The number of benzene rings is 1. The van der Waals surface area contributed by atoms with Gasteiger partial charge in [-0.05, 0) is 42.5 Å². The normalized spacial score (nSPS) is 15.0. The first-order valence-electron chi connectivity index (χ1n) is 7.90. The molecule has 26 heavy (non-hydrogen) atoms. The summed E-state index contributed by atoms with van der Waals surface area (Å²) in [6, 6.07) is 4.29. The molecule has 3 rings (SSSR count). The molecule has 1 saturated carbocycles. The van der Waals surface area contributed by atoms with Gasteiger partial charge in [-0.3, -0.25) is 4.99 Å². The molecule has 9 heteroatoms. The van der Waals surface area contributed by atoms with Crippen LogP contribution in [0.3, 0.4) is 0 Å². The summed E-state index contributed by atoms with van der Waals surface area (Å²) in [7, 11) is 0. The molecular weight excluding hydrogens is 364 g/mol. The fourth-order valence-electron chi connectivity index (χ4n) is 2.20. The van der Waals surface area contributed by atoms with Crippen molar-refractivity contribution in [1.82, 2.24) is 9.97 Å². The van der Waals surface area contributed by atoms with Crippen LogP contribution in [0.15, 0.2) is 40.7 Å². The zero-order valence-electron chi connectivity index (χ0n) is 13.6. The van der Waals surface area contributed by atoms with Crippen molar-refractivity contribution < 1.29 is 13.5 Å². The Morgan fingerprint density at radius 3 is 2.69 bits per heavy atom. The standard InChI is InChI=1S/C17H16ClF2N5O/c18-15-4-3-12(5-14(15)16(19)20)22-8-13(25-21)9-26-17-23-6-11(7-24-17)10-1-2-10/h3-8,10,16H,1-2,9,21H2. The minimum Gasteiger partial charge on any atom is -0.457 e. The maximum Gasteiger partial charge on any atom is 0.316 e. The Labute approximate surface area is 153 Å². The van der Waals surface area contributed by atoms with Gasteiger partial charge < -0.3 is 10.6 Å². The number of alkyl halides is 2. The van der Waals surface area contributed by atoms with E-state index in [0.717, 1.165) is 5.56 Å². The van der Waals surface area contributed by atoms with Crippen molar-refractivity contribution >= 4 is 29.2 Å². The van der Waals surface area contributed by atoms with Gasteiger partial charge in [-0.25, -0.2) is 18.7 Å². The highest BCUT2D eigenvalue weighted by atomic mass is 35.5. The van der Waals surface area contributed by atoms with E-state index in [9.17, 15) is 8.78 Å². The van der Waals surface area contributed by atoms with Crippen LogP contribution in [-0.2, 0) is 0 Å². The second-order valence-electron chi connectivity index (χ2n) is 5.75. The molecular formula is C17H16ClF2N5O. The highest BCUT2D eigenvalue weighted by Crippen LogP contribution is 2.39. The predicted octanol–water partition coefficient (Wildman–Crippen LogP) is 4.04. The smallest absolute Gasteiger partial charge is 0.316 e. The van der Waals surface area contributed by atoms with E-state index in [2.05, 4.69) is 20.1 Å². The number of nitrogens with two attached hydrogens (primary N) is 1. The van der Waals surface area contributed by atoms with E-state index in [1.807, 2.05) is 0 Å². The van der Waals surface area contributed by atoms with Crippen molar-refractivity contribution in [3.8, 4) is 6.01 Å². The zero-order chi connectivity index (χ0) is 18.5. The highest BCUT2D eigenvalue weighted by molar-refractivity contribution is 6.32. The summed E-state index contributed by atoms with van der Waals surface area (Å²) in [5.74, 6) is 5.87. The van der Waals surface area contributed by atoms with Gasteiger partial charge in [0.2, 0.25) is 0 Å². The number of hydrazone groups is 1. The minimum absolute atomic E-state index is 0.00192. The summed E-state index contributed by atoms with van der Waals surface area (Å²) in [4.78, 5) is 12.3. The van der Waals surface area contributed by atoms with E-state index >= 15 is 0 Å². The summed E-state index contributed by atoms with van der Waals surface area (Å²) in [6.45, 7) is -0.00192. The van der Waals surface area contributed by atoms with Crippen molar-refractivity contribution in [2.24, 2.45) is 15.9 Å². The lowest BCUT2D eigenvalue weighted by Crippen LogP contribution is -2.16. The van der Waals surface area contributed by atoms with Crippen molar-refractivity contribution in [1.29, 1.82) is 0 Å². The average Bonchev–Trinajstić information content (AvgIpc) is 3.48. The Morgan fingerprint density at radius 2 is 2.08 bits per heavy atom. The highest BCUT2D eigenvalue weighted by Gasteiger charge is 2.24. The lowest BCUT2D eigenvalue weighted by molar-refractivity contribution is 0.151. The largest absolute Gasteiger partial charge is 0.457 e. The van der Waals surface area contributed by atoms with E-state index in [1.54, 1.807) is 12.4 Å². The van der Waals surface area contributed by atoms with Gasteiger partial charge >= 0.3 is 6.01 Å². The zero-order valence-corrected chi connectivity index (χ0v) is 14.4. The fourth-order valence-corrected chi connectivity index (χ4v) is 2.40. The van der Waals surface area contributed by atoms with Crippen LogP contribution in [0.5, 0.6) is 6.01 Å². The Morgan fingerprint density at radius 1 is 1.35 bits per heavy atom. The van der Waals surface area contributed by atoms with Crippen LogP contribution in [0.1, 0.15) is 36.3 Å². The lowest BCUT2D eigenvalue weighted by atomic mass is 10.2. The number of hydrogen-bond acceptors (Lipinski definition) is 6. The Balaban J connectivity index is 1.60. The predicted molar refractivity (Wildman–Crippen MR) is 95.7 cm³/mol. The van der Waals surface area contributed by atoms with Crippen LogP contribution >= 0.6 is 11.6 Å². The van der Waals surface area contributed by atoms with Gasteiger partial charge in [0.1, 0.15) is 12.3 Å². The molecule has 0 saturated heterocycles. The van der Waals surface area contributed by atoms with E-state index in [-0.39, 0.29) is 23.2 Å². The van der Waals surface area contributed by atoms with Crippen LogP contribution in [-0.4, -0.2) is 28.5 Å². The van der Waals surface area contributed by atoms with E-state index in [4.69, 9.17) is 22.2 Å². The second-order valence-corrected chi connectivity index (χ2v) is 6.15. The van der Waals surface area contributed by atoms with Gasteiger partial charge in [-0.15, -0.1) is 0 Å². The molecule has 0 unspecified atom stereocenters. The number of hydrogen-bond donors (Lipinski definition) is 1. The van der Waals surface area contributed by atoms with Gasteiger partial charge in [0.25, 0.3) is 6.43 Å². The molecule has 0 radical (unpaired) electrons. The molecule has 1 aromatic heterocycles. The van der Waals surface area contributed by atoms with Gasteiger partial charge in [0.15, 0.2) is 0 Å². The van der Waals surface area contributed by atoms with Crippen molar-refractivity contribution in [3.63, 3.8) is 0 Å². The summed E-state index contributed by atoms with van der Waals surface area (Å²) >= 11 is 5.72. The Bertz CT molecular complexity index is 822. The van der Waals surface area contributed by atoms with Gasteiger partial charge in [-0.1, -0.05) is 11.6 Å². The number of halogens is 3. The molecule has 0 amide bonds. The molecule has 0 atom stereocenters. The maximum atomic E-state index is 12.8. The van der Waals surface area contributed by atoms with Crippen molar-refractivity contribution in [2.45, 2.75) is 25.2 Å². The van der Waals surface area contributed by atoms with Crippen LogP contribution in [0.25, 0.3) is 0 Å². The van der Waals surface area contributed by atoms with E-state index in [0.29, 0.717) is 17.3 Å². The second kappa shape index (κ2) is 8.18. The molecule has 1 heterocycles. The molecule has 136 valence electrons. The number of aliphatic imine (C=N–C) groups is 1. The molecule has 2 aromatic rings. The first kappa shape index (κ1) is 18.2. The quantitative estimate of drug-likeness (QED) is 0.447. The fraction of sp³-hybridized carbons (Fsp3) is 0.294. The number of nitrogens with zero attached hydrogens (tertiary/aromatic N) is 4. The Hall–Kier alpha value is -2.61. The topological polar surface area (TPSA) is 85.8 Å². The third kappa shape index (κ3) is 4.72. The molecule has 0 spiro atoms. The first-order chi connectivity index (χ1) is 12.6. The lowest BCUT2D eigenvalue weighted by Gasteiger charge is -2.05. The monoisotopic (exact) mass is 379 g/mol. The van der Waals surface area contributed by atoms with E-state index < -0.39 is 6.43 Å². The maximum absolute atomic E-state index is 12.8. The molecule has 0 bridgehead atoms. The summed E-state index contributed by atoms with van der Waals surface area (Å²) < 4.78 is 31.1. The number of rotatable bonds is 7. The van der Waals surface area contributed by atoms with Crippen LogP contribution in [0.4, 0.5) is 14.5 Å². The average molecular weight is 380 g/mol. The molecule has 1 aliphatic carbocycles. The molecule has 1 fully saturated rings. The van der Waals surface area contributed by atoms with Crippen LogP contribution < -0.4 is 10.6 Å². The van der Waals surface area contributed by atoms with Crippen LogP contribution in [0.2, 0.25) is 5.02 Å². The van der Waals surface area contributed by atoms with E-state index in [1.165, 1.54) is 37.3 Å². The van der Waals surface area contributed by atoms with Gasteiger partial charge in [0, 0.05) is 23.0 Å². The molecule has 1 aromatic carbocycles. The number of aromatic nitrogens is 2. The Kier molecular flexibility index (Phi) is 5.72. The summed E-state index contributed by atoms with van der Waals surface area (Å²) in [5.41, 5.74) is 1.42. The molecule has 0 aliphatic heterocycles. The first-order valence-corrected chi connectivity index (χ1v) is 8.27. The molecule has 1 aliphatic rings.